The first-order valence-corrected chi connectivity index (χ1v) is 9.30. The van der Waals surface area contributed by atoms with Crippen molar-refractivity contribution in [1.82, 2.24) is 10.2 Å². The van der Waals surface area contributed by atoms with Gasteiger partial charge in [0.2, 0.25) is 0 Å². The van der Waals surface area contributed by atoms with Gasteiger partial charge in [-0.15, -0.1) is 21.5 Å². The molecule has 2 heterocycles. The minimum Gasteiger partial charge on any atom is -0.339 e. The lowest BCUT2D eigenvalue weighted by Gasteiger charge is -2.07. The van der Waals surface area contributed by atoms with E-state index >= 15 is 0 Å². The maximum atomic E-state index is 13.1. The monoisotopic (exact) mass is 384 g/mol. The van der Waals surface area contributed by atoms with E-state index < -0.39 is 15.8 Å². The zero-order valence-electron chi connectivity index (χ0n) is 11.9. The van der Waals surface area contributed by atoms with Gasteiger partial charge in [0.1, 0.15) is 10.0 Å². The van der Waals surface area contributed by atoms with Gasteiger partial charge in [0, 0.05) is 5.69 Å². The summed E-state index contributed by atoms with van der Waals surface area (Å²) in [5.41, 5.74) is 0.530. The summed E-state index contributed by atoms with van der Waals surface area (Å²) >= 11 is 6.80. The van der Waals surface area contributed by atoms with E-state index in [4.69, 9.17) is 11.6 Å². The fraction of sp³-hybridized carbons (Fsp3) is 0. The summed E-state index contributed by atoms with van der Waals surface area (Å²) in [6, 6.07) is 10.3. The minimum absolute atomic E-state index is 0.0201. The van der Waals surface area contributed by atoms with Crippen LogP contribution in [0.1, 0.15) is 0 Å². The maximum Gasteiger partial charge on any atom is 0.272 e. The molecule has 3 rings (SSSR count). The molecular weight excluding hydrogens is 375 g/mol. The van der Waals surface area contributed by atoms with Crippen LogP contribution >= 0.6 is 22.9 Å². The molecule has 0 saturated carbocycles. The molecule has 0 radical (unpaired) electrons. The zero-order chi connectivity index (χ0) is 17.2. The highest BCUT2D eigenvalue weighted by Gasteiger charge is 2.16. The van der Waals surface area contributed by atoms with Gasteiger partial charge in [-0.3, -0.25) is 4.72 Å². The van der Waals surface area contributed by atoms with Gasteiger partial charge in [0.25, 0.3) is 10.0 Å². The molecule has 1 aromatic carbocycles. The summed E-state index contributed by atoms with van der Waals surface area (Å²) in [5.74, 6) is -0.0746. The third kappa shape index (κ3) is 3.81. The van der Waals surface area contributed by atoms with Gasteiger partial charge in [-0.2, -0.15) is 0 Å². The molecular formula is C14H10ClFN4O2S2. The third-order valence-corrected chi connectivity index (χ3v) is 5.90. The first-order chi connectivity index (χ1) is 11.4. The van der Waals surface area contributed by atoms with E-state index in [1.165, 1.54) is 36.4 Å². The maximum absolute atomic E-state index is 13.1. The van der Waals surface area contributed by atoms with Gasteiger partial charge in [0.15, 0.2) is 11.6 Å². The number of hydrogen-bond acceptors (Lipinski definition) is 6. The number of hydrogen-bond donors (Lipinski definition) is 2. The second kappa shape index (κ2) is 6.71. The van der Waals surface area contributed by atoms with Crippen molar-refractivity contribution in [3.05, 3.63) is 58.7 Å². The fourth-order valence-electron chi connectivity index (χ4n) is 1.78. The van der Waals surface area contributed by atoms with E-state index in [-0.39, 0.29) is 15.0 Å². The Hall–Kier alpha value is -2.23. The zero-order valence-corrected chi connectivity index (χ0v) is 14.3. The van der Waals surface area contributed by atoms with Gasteiger partial charge in [-0.1, -0.05) is 17.7 Å². The van der Waals surface area contributed by atoms with Crippen LogP contribution in [0.3, 0.4) is 0 Å². The van der Waals surface area contributed by atoms with E-state index in [1.807, 2.05) is 0 Å². The molecule has 2 N–H and O–H groups in total. The molecule has 2 aromatic heterocycles. The second-order valence-electron chi connectivity index (χ2n) is 4.60. The number of halogens is 2. The van der Waals surface area contributed by atoms with Gasteiger partial charge in [0.05, 0.1) is 5.02 Å². The van der Waals surface area contributed by atoms with Gasteiger partial charge in [-0.25, -0.2) is 12.8 Å². The molecule has 10 heteroatoms. The minimum atomic E-state index is -3.67. The number of thiophene rings is 1. The number of rotatable bonds is 5. The molecule has 0 aliphatic rings. The topological polar surface area (TPSA) is 84.0 Å². The van der Waals surface area contributed by atoms with Crippen LogP contribution in [-0.4, -0.2) is 18.6 Å². The molecule has 24 heavy (non-hydrogen) atoms. The summed E-state index contributed by atoms with van der Waals surface area (Å²) in [6.45, 7) is 0. The van der Waals surface area contributed by atoms with Crippen LogP contribution in [0, 0.1) is 5.82 Å². The standard InChI is InChI=1S/C14H10ClFN4O2S2/c15-10-8-9(3-4-11(10)16)17-12-5-6-13(19-18-12)20-24(21,22)14-2-1-7-23-14/h1-8H,(H,17,18)(H,19,20). The number of nitrogens with one attached hydrogen (secondary N) is 2. The van der Waals surface area contributed by atoms with Crippen LogP contribution in [0.5, 0.6) is 0 Å². The van der Waals surface area contributed by atoms with Crippen molar-refractivity contribution < 1.29 is 12.8 Å². The Morgan fingerprint density at radius 2 is 1.83 bits per heavy atom. The predicted molar refractivity (Wildman–Crippen MR) is 91.9 cm³/mol. The van der Waals surface area contributed by atoms with Crippen molar-refractivity contribution in [2.75, 3.05) is 10.0 Å². The van der Waals surface area contributed by atoms with Crippen molar-refractivity contribution >= 4 is 50.3 Å². The third-order valence-electron chi connectivity index (χ3n) is 2.86. The van der Waals surface area contributed by atoms with E-state index in [1.54, 1.807) is 11.4 Å². The molecule has 0 saturated heterocycles. The van der Waals surface area contributed by atoms with Crippen molar-refractivity contribution in [2.45, 2.75) is 4.21 Å². The largest absolute Gasteiger partial charge is 0.339 e. The number of sulfonamides is 1. The van der Waals surface area contributed by atoms with Crippen LogP contribution < -0.4 is 10.0 Å². The van der Waals surface area contributed by atoms with E-state index in [9.17, 15) is 12.8 Å². The molecule has 0 spiro atoms. The molecule has 0 amide bonds. The highest BCUT2D eigenvalue weighted by Crippen LogP contribution is 2.23. The summed E-state index contributed by atoms with van der Waals surface area (Å²) in [4.78, 5) is 0. The summed E-state index contributed by atoms with van der Waals surface area (Å²) < 4.78 is 39.8. The lowest BCUT2D eigenvalue weighted by atomic mass is 10.3. The Morgan fingerprint density at radius 1 is 1.08 bits per heavy atom. The van der Waals surface area contributed by atoms with Gasteiger partial charge >= 0.3 is 0 Å². The Kier molecular flexibility index (Phi) is 4.65. The molecule has 3 aromatic rings. The Bertz CT molecular complexity index is 947. The average Bonchev–Trinajstić information content (AvgIpc) is 3.08. The first-order valence-electron chi connectivity index (χ1n) is 6.56. The number of nitrogens with zero attached hydrogens (tertiary/aromatic N) is 2. The van der Waals surface area contributed by atoms with Crippen molar-refractivity contribution in [3.63, 3.8) is 0 Å². The van der Waals surface area contributed by atoms with Crippen molar-refractivity contribution in [1.29, 1.82) is 0 Å². The second-order valence-corrected chi connectivity index (χ2v) is 7.86. The van der Waals surface area contributed by atoms with E-state index in [2.05, 4.69) is 20.2 Å². The Labute approximate surface area is 146 Å². The smallest absolute Gasteiger partial charge is 0.272 e. The van der Waals surface area contributed by atoms with Crippen LogP contribution in [0.15, 0.2) is 52.1 Å². The lowest BCUT2D eigenvalue weighted by molar-refractivity contribution is 0.603. The highest BCUT2D eigenvalue weighted by atomic mass is 35.5. The van der Waals surface area contributed by atoms with E-state index in [0.29, 0.717) is 11.5 Å². The average molecular weight is 385 g/mol. The first kappa shape index (κ1) is 16.6. The predicted octanol–water partition coefficient (Wildman–Crippen LogP) is 3.88. The Morgan fingerprint density at radius 3 is 2.46 bits per heavy atom. The van der Waals surface area contributed by atoms with E-state index in [0.717, 1.165) is 11.3 Å². The number of anilines is 3. The summed E-state index contributed by atoms with van der Waals surface area (Å²) in [5, 5.41) is 12.2. The normalized spacial score (nSPS) is 11.2. The van der Waals surface area contributed by atoms with Crippen molar-refractivity contribution in [2.24, 2.45) is 0 Å². The molecule has 124 valence electrons. The van der Waals surface area contributed by atoms with Crippen LogP contribution in [0.2, 0.25) is 5.02 Å². The number of aromatic nitrogens is 2. The molecule has 0 bridgehead atoms. The molecule has 0 unspecified atom stereocenters. The van der Waals surface area contributed by atoms with Crippen molar-refractivity contribution in [3.8, 4) is 0 Å². The van der Waals surface area contributed by atoms with Gasteiger partial charge in [-0.05, 0) is 41.8 Å². The molecule has 0 aliphatic carbocycles. The van der Waals surface area contributed by atoms with Gasteiger partial charge < -0.3 is 5.32 Å². The Balaban J connectivity index is 1.72. The SMILES string of the molecule is O=S(=O)(Nc1ccc(Nc2ccc(F)c(Cl)c2)nn1)c1cccs1. The number of benzene rings is 1. The van der Waals surface area contributed by atoms with Crippen LogP contribution in [0.4, 0.5) is 21.7 Å². The lowest BCUT2D eigenvalue weighted by Crippen LogP contribution is -2.13. The molecule has 0 atom stereocenters. The highest BCUT2D eigenvalue weighted by molar-refractivity contribution is 7.94. The molecule has 0 aliphatic heterocycles. The van der Waals surface area contributed by atoms with Crippen LogP contribution in [0.25, 0.3) is 0 Å². The molecule has 0 fully saturated rings. The summed E-state index contributed by atoms with van der Waals surface area (Å²) in [7, 11) is -3.67. The quantitative estimate of drug-likeness (QED) is 0.697. The molecule has 6 nitrogen and oxygen atoms in total. The fourth-order valence-corrected chi connectivity index (χ4v) is 3.95. The van der Waals surface area contributed by atoms with Crippen LogP contribution in [-0.2, 0) is 10.0 Å². The summed E-state index contributed by atoms with van der Waals surface area (Å²) in [6.07, 6.45) is 0.